The maximum absolute atomic E-state index is 4.81. The van der Waals surface area contributed by atoms with Gasteiger partial charge in [0.25, 0.3) is 0 Å². The molecule has 3 heterocycles. The van der Waals surface area contributed by atoms with Crippen LogP contribution in [0, 0.1) is 0 Å². The zero-order chi connectivity index (χ0) is 19.5. The van der Waals surface area contributed by atoms with E-state index in [4.69, 9.17) is 9.98 Å². The largest absolute Gasteiger partial charge is 0.238 e. The molecule has 3 aliphatic rings. The van der Waals surface area contributed by atoms with Crippen molar-refractivity contribution >= 4 is 24.1 Å². The summed E-state index contributed by atoms with van der Waals surface area (Å²) in [7, 11) is 0. The Morgan fingerprint density at radius 2 is 1.04 bits per heavy atom. The highest BCUT2D eigenvalue weighted by Gasteiger charge is 2.33. The summed E-state index contributed by atoms with van der Waals surface area (Å²) in [6, 6.07) is 17.4. The summed E-state index contributed by atoms with van der Waals surface area (Å²) in [5.74, 6) is 1.60. The summed E-state index contributed by atoms with van der Waals surface area (Å²) in [5.41, 5.74) is 5.71. The molecule has 0 spiro atoms. The standard InChI is InChI=1S/C24H22N4/c1-23(2)17-9-5-7-15(11-17)16-8-6-10-18(12-16)24(3,4)22-26-14-20(28-22)19-13-25-21(23)27-19/h5-14H,1-4H3/b20-19-. The van der Waals surface area contributed by atoms with Crippen LogP contribution in [-0.2, 0) is 10.8 Å². The minimum Gasteiger partial charge on any atom is -0.238 e. The van der Waals surface area contributed by atoms with Crippen LogP contribution in [0.2, 0.25) is 0 Å². The first-order valence-corrected chi connectivity index (χ1v) is 9.58. The summed E-state index contributed by atoms with van der Waals surface area (Å²) in [6.07, 6.45) is 3.61. The van der Waals surface area contributed by atoms with Crippen LogP contribution < -0.4 is 0 Å². The van der Waals surface area contributed by atoms with Gasteiger partial charge in [-0.25, -0.2) is 20.0 Å². The van der Waals surface area contributed by atoms with Crippen LogP contribution in [0.25, 0.3) is 11.1 Å². The minimum atomic E-state index is -0.307. The van der Waals surface area contributed by atoms with Gasteiger partial charge in [0.15, 0.2) is 0 Å². The van der Waals surface area contributed by atoms with E-state index in [9.17, 15) is 0 Å². The first-order valence-electron chi connectivity index (χ1n) is 9.58. The van der Waals surface area contributed by atoms with Crippen LogP contribution in [0.15, 0.2) is 79.9 Å². The van der Waals surface area contributed by atoms with Crippen molar-refractivity contribution in [2.45, 2.75) is 38.5 Å². The van der Waals surface area contributed by atoms with Gasteiger partial charge in [-0.2, -0.15) is 0 Å². The Balaban J connectivity index is 1.82. The lowest BCUT2D eigenvalue weighted by atomic mass is 9.80. The summed E-state index contributed by atoms with van der Waals surface area (Å²) < 4.78 is 0. The first-order chi connectivity index (χ1) is 13.4. The Labute approximate surface area is 165 Å². The van der Waals surface area contributed by atoms with Crippen LogP contribution in [0.1, 0.15) is 38.8 Å². The fourth-order valence-electron chi connectivity index (χ4n) is 3.87. The highest BCUT2D eigenvalue weighted by Crippen LogP contribution is 2.35. The van der Waals surface area contributed by atoms with Crippen molar-refractivity contribution in [1.82, 2.24) is 0 Å². The number of nitrogens with zero attached hydrogens (tertiary/aromatic N) is 4. The number of rotatable bonds is 0. The number of hydrogen-bond acceptors (Lipinski definition) is 4. The fraction of sp³-hybridized carbons (Fsp3) is 0.250. The molecule has 0 saturated heterocycles. The van der Waals surface area contributed by atoms with E-state index in [1.54, 1.807) is 12.4 Å². The fourth-order valence-corrected chi connectivity index (χ4v) is 3.87. The molecule has 0 fully saturated rings. The zero-order valence-corrected chi connectivity index (χ0v) is 16.6. The van der Waals surface area contributed by atoms with E-state index >= 15 is 0 Å². The molecule has 138 valence electrons. The molecule has 0 atom stereocenters. The van der Waals surface area contributed by atoms with Gasteiger partial charge in [0.2, 0.25) is 0 Å². The second-order valence-electron chi connectivity index (χ2n) is 8.57. The van der Waals surface area contributed by atoms with E-state index in [-0.39, 0.29) is 10.8 Å². The molecule has 0 saturated carbocycles. The molecule has 0 N–H and O–H groups in total. The molecule has 0 aliphatic carbocycles. The van der Waals surface area contributed by atoms with Gasteiger partial charge < -0.3 is 0 Å². The van der Waals surface area contributed by atoms with Crippen molar-refractivity contribution in [2.75, 3.05) is 0 Å². The Bertz CT molecular complexity index is 1070. The van der Waals surface area contributed by atoms with Crippen LogP contribution in [0.3, 0.4) is 0 Å². The Kier molecular flexibility index (Phi) is 3.45. The molecular formula is C24H22N4. The summed E-state index contributed by atoms with van der Waals surface area (Å²) >= 11 is 0. The summed E-state index contributed by atoms with van der Waals surface area (Å²) in [6.45, 7) is 8.66. The van der Waals surface area contributed by atoms with Gasteiger partial charge >= 0.3 is 0 Å². The van der Waals surface area contributed by atoms with Gasteiger partial charge in [-0.1, -0.05) is 48.5 Å². The monoisotopic (exact) mass is 366 g/mol. The van der Waals surface area contributed by atoms with Crippen molar-refractivity contribution in [3.8, 4) is 11.1 Å². The highest BCUT2D eigenvalue weighted by atomic mass is 15.1. The van der Waals surface area contributed by atoms with E-state index in [0.717, 1.165) is 23.1 Å². The molecule has 8 bridgehead atoms. The molecule has 0 unspecified atom stereocenters. The Morgan fingerprint density at radius 1 is 0.607 bits per heavy atom. The van der Waals surface area contributed by atoms with Gasteiger partial charge in [-0.3, -0.25) is 0 Å². The lowest BCUT2D eigenvalue weighted by Crippen LogP contribution is -2.27. The van der Waals surface area contributed by atoms with Crippen LogP contribution in [0.4, 0.5) is 0 Å². The van der Waals surface area contributed by atoms with Gasteiger partial charge in [0.1, 0.15) is 23.1 Å². The number of benzene rings is 2. The molecule has 4 nitrogen and oxygen atoms in total. The normalized spacial score (nSPS) is 23.3. The Morgan fingerprint density at radius 3 is 1.46 bits per heavy atom. The summed E-state index contributed by atoms with van der Waals surface area (Å²) in [5, 5.41) is 0. The van der Waals surface area contributed by atoms with Crippen molar-refractivity contribution in [2.24, 2.45) is 20.0 Å². The Hall–Kier alpha value is -3.14. The zero-order valence-electron chi connectivity index (χ0n) is 16.6. The molecule has 2 aromatic carbocycles. The molecule has 28 heavy (non-hydrogen) atoms. The third-order valence-electron chi connectivity index (χ3n) is 5.95. The van der Waals surface area contributed by atoms with Crippen LogP contribution in [0.5, 0.6) is 0 Å². The smallest absolute Gasteiger partial charge is 0.139 e. The van der Waals surface area contributed by atoms with Crippen molar-refractivity contribution < 1.29 is 0 Å². The number of allylic oxidation sites excluding steroid dienone is 2. The maximum atomic E-state index is 4.81. The predicted molar refractivity (Wildman–Crippen MR) is 117 cm³/mol. The third-order valence-corrected chi connectivity index (χ3v) is 5.95. The van der Waals surface area contributed by atoms with Gasteiger partial charge in [0.05, 0.1) is 12.4 Å². The van der Waals surface area contributed by atoms with E-state index in [2.05, 4.69) is 86.2 Å². The van der Waals surface area contributed by atoms with Crippen LogP contribution >= 0.6 is 0 Å². The van der Waals surface area contributed by atoms with Crippen molar-refractivity contribution in [1.29, 1.82) is 0 Å². The molecule has 0 radical (unpaired) electrons. The second kappa shape index (κ2) is 5.68. The van der Waals surface area contributed by atoms with Crippen molar-refractivity contribution in [3.63, 3.8) is 0 Å². The van der Waals surface area contributed by atoms with Crippen LogP contribution in [-0.4, -0.2) is 24.1 Å². The topological polar surface area (TPSA) is 49.4 Å². The lowest BCUT2D eigenvalue weighted by molar-refractivity contribution is 0.710. The molecule has 4 heteroatoms. The third kappa shape index (κ3) is 2.44. The number of amidine groups is 2. The van der Waals surface area contributed by atoms with E-state index in [1.807, 2.05) is 0 Å². The predicted octanol–water partition coefficient (Wildman–Crippen LogP) is 5.10. The molecular weight excluding hydrogens is 344 g/mol. The minimum absolute atomic E-state index is 0.307. The summed E-state index contributed by atoms with van der Waals surface area (Å²) in [4.78, 5) is 18.9. The average molecular weight is 366 g/mol. The van der Waals surface area contributed by atoms with E-state index < -0.39 is 0 Å². The van der Waals surface area contributed by atoms with E-state index in [0.29, 0.717) is 0 Å². The second-order valence-corrected chi connectivity index (χ2v) is 8.57. The molecule has 0 aromatic heterocycles. The highest BCUT2D eigenvalue weighted by molar-refractivity contribution is 6.12. The van der Waals surface area contributed by atoms with E-state index in [1.165, 1.54) is 22.3 Å². The number of aliphatic imine (C=N–C) groups is 4. The van der Waals surface area contributed by atoms with Gasteiger partial charge in [-0.15, -0.1) is 0 Å². The lowest BCUT2D eigenvalue weighted by Gasteiger charge is -2.25. The van der Waals surface area contributed by atoms with Crippen molar-refractivity contribution in [3.05, 3.63) is 71.1 Å². The molecule has 0 amide bonds. The first kappa shape index (κ1) is 17.0. The molecule has 2 aromatic rings. The van der Waals surface area contributed by atoms with Gasteiger partial charge in [0, 0.05) is 10.8 Å². The average Bonchev–Trinajstić information content (AvgIpc) is 3.37. The maximum Gasteiger partial charge on any atom is 0.139 e. The molecule has 3 aliphatic heterocycles. The van der Waals surface area contributed by atoms with Gasteiger partial charge in [-0.05, 0) is 49.9 Å². The quantitative estimate of drug-likeness (QED) is 0.623. The SMILES string of the molecule is CC1(C)C2=N/C(=C3/C=NC(=N3)C(C)(C)c3cccc(c3)-c3cccc1c3)C=N2. The molecule has 5 rings (SSSR count). The number of fused-ring (bicyclic) bond motifs is 7. The number of hydrogen-bond donors (Lipinski definition) is 0.